The van der Waals surface area contributed by atoms with Crippen LogP contribution in [0.4, 0.5) is 28.9 Å². The Morgan fingerprint density at radius 3 is 2.44 bits per heavy atom. The molecule has 13 nitrogen and oxygen atoms in total. The Labute approximate surface area is 340 Å². The number of ether oxygens (including phenoxy) is 1. The number of imide groups is 1. The highest BCUT2D eigenvalue weighted by atomic mass is 32.1. The molecule has 1 unspecified atom stereocenters. The molecule has 312 valence electrons. The summed E-state index contributed by atoms with van der Waals surface area (Å²) in [5.74, 6) is -1.24. The summed E-state index contributed by atoms with van der Waals surface area (Å²) < 4.78 is 63.9. The van der Waals surface area contributed by atoms with Crippen molar-refractivity contribution in [3.8, 4) is 5.75 Å². The number of benzene rings is 2. The number of imidazole rings is 1. The van der Waals surface area contributed by atoms with Crippen LogP contribution in [0.5, 0.6) is 5.75 Å². The number of piperidine rings is 2. The molecule has 5 aromatic rings. The third kappa shape index (κ3) is 7.91. The molecule has 59 heavy (non-hydrogen) atoms. The summed E-state index contributed by atoms with van der Waals surface area (Å²) in [6.45, 7) is 2.40. The van der Waals surface area contributed by atoms with E-state index < -0.39 is 47.1 Å². The third-order valence-electron chi connectivity index (χ3n) is 12.1. The van der Waals surface area contributed by atoms with Crippen LogP contribution in [0.2, 0.25) is 0 Å². The fourth-order valence-corrected chi connectivity index (χ4v) is 10.1. The molecular formula is C41H44F4N8O5S. The number of carbonyl (C=O) groups excluding carboxylic acids is 3. The second kappa shape index (κ2) is 16.0. The van der Waals surface area contributed by atoms with Gasteiger partial charge in [-0.05, 0) is 88.2 Å². The predicted molar refractivity (Wildman–Crippen MR) is 214 cm³/mol. The minimum atomic E-state index is -4.68. The lowest BCUT2D eigenvalue weighted by Gasteiger charge is -2.40. The number of pyridine rings is 1. The predicted octanol–water partition coefficient (Wildman–Crippen LogP) is 6.62. The zero-order chi connectivity index (χ0) is 41.7. The average Bonchev–Trinajstić information content (AvgIpc) is 3.75. The number of nitrogens with zero attached hydrogens (tertiary/aromatic N) is 6. The van der Waals surface area contributed by atoms with Gasteiger partial charge in [0.2, 0.25) is 11.8 Å². The van der Waals surface area contributed by atoms with Crippen molar-refractivity contribution in [3.05, 3.63) is 75.2 Å². The van der Waals surface area contributed by atoms with Gasteiger partial charge in [-0.2, -0.15) is 13.2 Å². The Morgan fingerprint density at radius 1 is 1.00 bits per heavy atom. The van der Waals surface area contributed by atoms with Crippen molar-refractivity contribution in [2.45, 2.75) is 75.5 Å². The van der Waals surface area contributed by atoms with E-state index in [1.165, 1.54) is 28.4 Å². The van der Waals surface area contributed by atoms with Gasteiger partial charge in [0.25, 0.3) is 5.91 Å². The van der Waals surface area contributed by atoms with E-state index in [0.717, 1.165) is 91.2 Å². The quantitative estimate of drug-likeness (QED) is 0.124. The summed E-state index contributed by atoms with van der Waals surface area (Å²) in [6.07, 6.45) is 1.37. The molecular weight excluding hydrogens is 793 g/mol. The lowest BCUT2D eigenvalue weighted by Crippen LogP contribution is -2.45. The number of fused-ring (bicyclic) bond motifs is 2. The number of aryl methyl sites for hydroxylation is 1. The number of thiazole rings is 1. The van der Waals surface area contributed by atoms with Gasteiger partial charge in [0.15, 0.2) is 0 Å². The van der Waals surface area contributed by atoms with Crippen molar-refractivity contribution < 1.29 is 36.7 Å². The van der Waals surface area contributed by atoms with E-state index in [4.69, 9.17) is 9.72 Å². The SMILES string of the molecule is COc1cc2nc([C@H]3CC[C@H](CN(C)C4CCN(c5ccc(F)c6c5n(C)c(=O)n6C5CCC(=O)NC5=O)CC4)CC3)sc2cc1NC(=O)c1cccc(C(F)(F)F)n1. The van der Waals surface area contributed by atoms with Crippen molar-refractivity contribution in [3.63, 3.8) is 0 Å². The standard InChI is InChI=1S/C41H44F4N8O5S/c1-50(24-15-17-52(18-16-24)29-12-11-25(42)35-36(29)51(2)40(57)53(35)30-13-14-34(54)49-38(30)56)21-22-7-9-23(10-8-22)39-48-28-19-31(58-3)27(20-32(28)59-39)47-37(55)26-5-4-6-33(46-26)41(43,44)45/h4-6,11-12,19-20,22-24,30H,7-10,13-18,21H2,1-3H3,(H,47,55)(H,49,54,56)/t22-,23-,30?. The van der Waals surface area contributed by atoms with Crippen LogP contribution < -0.4 is 26.0 Å². The topological polar surface area (TPSA) is 144 Å². The number of anilines is 2. The molecule has 3 aromatic heterocycles. The summed E-state index contributed by atoms with van der Waals surface area (Å²) in [4.78, 5) is 63.9. The Hall–Kier alpha value is -5.36. The molecule has 2 saturated heterocycles. The highest BCUT2D eigenvalue weighted by Crippen LogP contribution is 2.42. The van der Waals surface area contributed by atoms with E-state index in [1.54, 1.807) is 36.6 Å². The van der Waals surface area contributed by atoms with Gasteiger partial charge in [-0.25, -0.2) is 19.2 Å². The Bertz CT molecular complexity index is 2500. The smallest absolute Gasteiger partial charge is 0.433 e. The molecule has 2 N–H and O–H groups in total. The van der Waals surface area contributed by atoms with Crippen molar-refractivity contribution in [1.82, 2.24) is 29.3 Å². The molecule has 3 fully saturated rings. The van der Waals surface area contributed by atoms with Gasteiger partial charge in [-0.3, -0.25) is 28.8 Å². The van der Waals surface area contributed by atoms with Crippen LogP contribution in [-0.2, 0) is 22.8 Å². The first-order valence-electron chi connectivity index (χ1n) is 19.7. The monoisotopic (exact) mass is 836 g/mol. The van der Waals surface area contributed by atoms with Crippen molar-refractivity contribution >= 4 is 61.7 Å². The summed E-state index contributed by atoms with van der Waals surface area (Å²) in [7, 11) is 5.21. The number of nitrogens with one attached hydrogen (secondary N) is 2. The van der Waals surface area contributed by atoms with Crippen molar-refractivity contribution in [1.29, 1.82) is 0 Å². The average molecular weight is 837 g/mol. The highest BCUT2D eigenvalue weighted by molar-refractivity contribution is 7.18. The Morgan fingerprint density at radius 2 is 1.75 bits per heavy atom. The number of halogens is 4. The van der Waals surface area contributed by atoms with E-state index in [1.807, 2.05) is 0 Å². The minimum Gasteiger partial charge on any atom is -0.494 e. The van der Waals surface area contributed by atoms with Gasteiger partial charge >= 0.3 is 11.9 Å². The van der Waals surface area contributed by atoms with Gasteiger partial charge in [0.05, 0.1) is 39.2 Å². The summed E-state index contributed by atoms with van der Waals surface area (Å²) in [6, 6.07) is 9.10. The maximum atomic E-state index is 15.4. The molecule has 2 aliphatic heterocycles. The third-order valence-corrected chi connectivity index (χ3v) is 13.3. The van der Waals surface area contributed by atoms with Crippen LogP contribution in [0, 0.1) is 11.7 Å². The number of carbonyl (C=O) groups is 3. The number of rotatable bonds is 9. The molecule has 18 heteroatoms. The second-order valence-corrected chi connectivity index (χ2v) is 16.8. The molecule has 1 aliphatic carbocycles. The maximum Gasteiger partial charge on any atom is 0.433 e. The van der Waals surface area contributed by atoms with E-state index in [-0.39, 0.29) is 30.0 Å². The van der Waals surface area contributed by atoms with Gasteiger partial charge < -0.3 is 19.9 Å². The number of alkyl halides is 3. The second-order valence-electron chi connectivity index (χ2n) is 15.7. The van der Waals surface area contributed by atoms with E-state index in [0.29, 0.717) is 28.9 Å². The Balaban J connectivity index is 0.874. The van der Waals surface area contributed by atoms with E-state index in [2.05, 4.69) is 32.5 Å². The zero-order valence-electron chi connectivity index (χ0n) is 32.8. The van der Waals surface area contributed by atoms with Crippen molar-refractivity contribution in [2.24, 2.45) is 13.0 Å². The van der Waals surface area contributed by atoms with Crippen molar-refractivity contribution in [2.75, 3.05) is 44.0 Å². The van der Waals surface area contributed by atoms with Gasteiger partial charge in [0, 0.05) is 51.1 Å². The van der Waals surface area contributed by atoms with Crippen LogP contribution in [0.1, 0.15) is 84.5 Å². The summed E-state index contributed by atoms with van der Waals surface area (Å²) in [5.41, 5.74) is 0.293. The molecule has 3 aliphatic rings. The van der Waals surface area contributed by atoms with Crippen LogP contribution in [0.25, 0.3) is 21.3 Å². The zero-order valence-corrected chi connectivity index (χ0v) is 33.6. The molecule has 1 atom stereocenters. The maximum absolute atomic E-state index is 15.4. The van der Waals surface area contributed by atoms with Crippen LogP contribution in [-0.4, -0.2) is 81.6 Å². The van der Waals surface area contributed by atoms with Gasteiger partial charge in [-0.1, -0.05) is 6.07 Å². The molecule has 0 bridgehead atoms. The number of aromatic nitrogens is 4. The number of amides is 3. The van der Waals surface area contributed by atoms with Crippen LogP contribution >= 0.6 is 11.3 Å². The van der Waals surface area contributed by atoms with Crippen LogP contribution in [0.15, 0.2) is 47.3 Å². The molecule has 5 heterocycles. The largest absolute Gasteiger partial charge is 0.494 e. The fourth-order valence-electron chi connectivity index (χ4n) is 8.94. The van der Waals surface area contributed by atoms with Gasteiger partial charge in [0.1, 0.15) is 34.5 Å². The highest BCUT2D eigenvalue weighted by Gasteiger charge is 2.35. The lowest BCUT2D eigenvalue weighted by molar-refractivity contribution is -0.141. The minimum absolute atomic E-state index is 0.0753. The Kier molecular flexibility index (Phi) is 11.0. The van der Waals surface area contributed by atoms with Crippen LogP contribution in [0.3, 0.4) is 0 Å². The lowest BCUT2D eigenvalue weighted by atomic mass is 9.82. The number of methoxy groups -OCH3 is 1. The normalized spacial score (nSPS) is 20.7. The first-order valence-corrected chi connectivity index (χ1v) is 20.5. The summed E-state index contributed by atoms with van der Waals surface area (Å²) >= 11 is 1.55. The number of hydrogen-bond acceptors (Lipinski definition) is 10. The summed E-state index contributed by atoms with van der Waals surface area (Å²) in [5, 5.41) is 5.94. The molecule has 1 saturated carbocycles. The molecule has 3 amide bonds. The first kappa shape index (κ1) is 40.4. The molecule has 8 rings (SSSR count). The molecule has 2 aromatic carbocycles. The van der Waals surface area contributed by atoms with E-state index in [9.17, 15) is 32.3 Å². The van der Waals surface area contributed by atoms with E-state index >= 15 is 4.39 Å². The fraction of sp³-hybridized carbons (Fsp3) is 0.463. The molecule has 0 radical (unpaired) electrons. The van der Waals surface area contributed by atoms with Gasteiger partial charge in [-0.15, -0.1) is 11.3 Å². The first-order chi connectivity index (χ1) is 28.2. The number of hydrogen-bond donors (Lipinski definition) is 2. The molecule has 0 spiro atoms.